The van der Waals surface area contributed by atoms with Gasteiger partial charge in [-0.1, -0.05) is 19.9 Å². The third-order valence-electron chi connectivity index (χ3n) is 6.80. The van der Waals surface area contributed by atoms with E-state index >= 15 is 0 Å². The Balaban J connectivity index is 1.58. The topological polar surface area (TPSA) is 60.6 Å². The highest BCUT2D eigenvalue weighted by Crippen LogP contribution is 2.40. The van der Waals surface area contributed by atoms with Crippen LogP contribution in [0.5, 0.6) is 0 Å². The van der Waals surface area contributed by atoms with Gasteiger partial charge in [-0.2, -0.15) is 5.26 Å². The molecule has 5 nitrogen and oxygen atoms in total. The van der Waals surface area contributed by atoms with Crippen LogP contribution in [0.4, 0.5) is 0 Å². The number of nitrogens with zero attached hydrogens (tertiary/aromatic N) is 4. The molecule has 0 radical (unpaired) electrons. The zero-order chi connectivity index (χ0) is 21.5. The molecule has 1 N–H and O–H groups in total. The van der Waals surface area contributed by atoms with Crippen LogP contribution in [0.15, 0.2) is 42.7 Å². The monoisotopic (exact) mass is 411 g/mol. The molecule has 0 unspecified atom stereocenters. The number of likely N-dealkylation sites (tertiary alicyclic amines) is 1. The minimum Gasteiger partial charge on any atom is -0.354 e. The molecular formula is C26H29N5. The number of nitrogens with one attached hydrogen (secondary N) is 1. The van der Waals surface area contributed by atoms with Crippen LogP contribution in [0.25, 0.3) is 33.2 Å². The van der Waals surface area contributed by atoms with Crippen molar-refractivity contribution >= 4 is 21.9 Å². The summed E-state index contributed by atoms with van der Waals surface area (Å²) in [5, 5.41) is 11.5. The van der Waals surface area contributed by atoms with Gasteiger partial charge in [-0.25, -0.2) is 4.98 Å². The zero-order valence-electron chi connectivity index (χ0n) is 18.5. The highest BCUT2D eigenvalue weighted by atomic mass is 15.1. The standard InChI is InChI=1S/C26H29N5/c1-17(2)24-21-15-19(18-8-12-31(13-9-18)14-10-27)6-7-23(21)29-25(24)22-16-30(3)26-20(22)5-4-11-28-26/h4-7,11,15-18,29H,8-9,12-14H2,1-3H3. The average Bonchev–Trinajstić information content (AvgIpc) is 3.32. The van der Waals surface area contributed by atoms with E-state index in [1.54, 1.807) is 0 Å². The van der Waals surface area contributed by atoms with Gasteiger partial charge in [0.05, 0.1) is 18.3 Å². The predicted molar refractivity (Wildman–Crippen MR) is 126 cm³/mol. The number of nitriles is 1. The van der Waals surface area contributed by atoms with Crippen molar-refractivity contribution in [3.8, 4) is 17.3 Å². The van der Waals surface area contributed by atoms with Crippen molar-refractivity contribution in [2.24, 2.45) is 7.05 Å². The van der Waals surface area contributed by atoms with E-state index in [4.69, 9.17) is 5.26 Å². The SMILES string of the molecule is CC(C)c1c(-c2cn(C)c3ncccc23)[nH]c2ccc(C3CCN(CC#N)CC3)cc12. The molecule has 1 aliphatic heterocycles. The van der Waals surface area contributed by atoms with E-state index in [0.29, 0.717) is 18.4 Å². The number of pyridine rings is 1. The number of aromatic nitrogens is 3. The molecule has 5 heteroatoms. The van der Waals surface area contributed by atoms with Crippen LogP contribution in [0.2, 0.25) is 0 Å². The van der Waals surface area contributed by atoms with Gasteiger partial charge in [0, 0.05) is 41.3 Å². The number of hydrogen-bond donors (Lipinski definition) is 1. The summed E-state index contributed by atoms with van der Waals surface area (Å²) >= 11 is 0. The number of H-pyrrole nitrogens is 1. The normalized spacial score (nSPS) is 15.8. The number of hydrogen-bond acceptors (Lipinski definition) is 3. The van der Waals surface area contributed by atoms with Gasteiger partial charge in [0.2, 0.25) is 0 Å². The van der Waals surface area contributed by atoms with Crippen molar-refractivity contribution < 1.29 is 0 Å². The summed E-state index contributed by atoms with van der Waals surface area (Å²) in [6.07, 6.45) is 6.29. The smallest absolute Gasteiger partial charge is 0.140 e. The number of piperidine rings is 1. The molecule has 0 amide bonds. The first kappa shape index (κ1) is 19.8. The maximum Gasteiger partial charge on any atom is 0.140 e. The van der Waals surface area contributed by atoms with E-state index in [2.05, 4.69) is 76.9 Å². The Morgan fingerprint density at radius 2 is 2.00 bits per heavy atom. The number of rotatable bonds is 4. The Morgan fingerprint density at radius 1 is 1.19 bits per heavy atom. The molecule has 158 valence electrons. The molecule has 0 atom stereocenters. The van der Waals surface area contributed by atoms with Crippen LogP contribution in [-0.4, -0.2) is 39.1 Å². The molecule has 0 spiro atoms. The fourth-order valence-corrected chi connectivity index (χ4v) is 5.23. The minimum atomic E-state index is 0.406. The fourth-order valence-electron chi connectivity index (χ4n) is 5.23. The molecule has 4 heterocycles. The largest absolute Gasteiger partial charge is 0.354 e. The summed E-state index contributed by atoms with van der Waals surface area (Å²) in [4.78, 5) is 10.6. The summed E-state index contributed by atoms with van der Waals surface area (Å²) in [6, 6.07) is 13.4. The number of aryl methyl sites for hydroxylation is 1. The van der Waals surface area contributed by atoms with Gasteiger partial charge >= 0.3 is 0 Å². The van der Waals surface area contributed by atoms with Gasteiger partial charge in [-0.3, -0.25) is 4.90 Å². The summed E-state index contributed by atoms with van der Waals surface area (Å²) in [7, 11) is 2.06. The molecule has 0 aliphatic carbocycles. The van der Waals surface area contributed by atoms with Gasteiger partial charge in [0.15, 0.2) is 0 Å². The molecule has 1 aromatic carbocycles. The third kappa shape index (κ3) is 3.41. The van der Waals surface area contributed by atoms with Gasteiger partial charge in [-0.05, 0) is 73.2 Å². The minimum absolute atomic E-state index is 0.406. The molecule has 0 saturated carbocycles. The Kier molecular flexibility index (Phi) is 5.03. The second kappa shape index (κ2) is 7.86. The Bertz CT molecular complexity index is 1280. The second-order valence-corrected chi connectivity index (χ2v) is 9.11. The summed E-state index contributed by atoms with van der Waals surface area (Å²) in [6.45, 7) is 7.12. The Morgan fingerprint density at radius 3 is 2.74 bits per heavy atom. The highest BCUT2D eigenvalue weighted by Gasteiger charge is 2.23. The van der Waals surface area contributed by atoms with Crippen LogP contribution in [-0.2, 0) is 7.05 Å². The maximum atomic E-state index is 8.97. The summed E-state index contributed by atoms with van der Waals surface area (Å²) in [5.74, 6) is 0.975. The molecule has 31 heavy (non-hydrogen) atoms. The number of fused-ring (bicyclic) bond motifs is 2. The first-order valence-corrected chi connectivity index (χ1v) is 11.2. The second-order valence-electron chi connectivity index (χ2n) is 9.11. The molecule has 1 fully saturated rings. The zero-order valence-corrected chi connectivity index (χ0v) is 18.5. The van der Waals surface area contributed by atoms with Crippen molar-refractivity contribution in [1.29, 1.82) is 5.26 Å². The lowest BCUT2D eigenvalue weighted by Gasteiger charge is -2.30. The van der Waals surface area contributed by atoms with Gasteiger partial charge in [-0.15, -0.1) is 0 Å². The van der Waals surface area contributed by atoms with Crippen LogP contribution in [0.1, 0.15) is 49.7 Å². The fraction of sp³-hybridized carbons (Fsp3) is 0.385. The van der Waals surface area contributed by atoms with Gasteiger partial charge in [0.25, 0.3) is 0 Å². The van der Waals surface area contributed by atoms with Gasteiger partial charge < -0.3 is 9.55 Å². The first-order chi connectivity index (χ1) is 15.1. The van der Waals surface area contributed by atoms with Crippen LogP contribution >= 0.6 is 0 Å². The summed E-state index contributed by atoms with van der Waals surface area (Å²) in [5.41, 5.74) is 7.45. The molecule has 1 aliphatic rings. The van der Waals surface area contributed by atoms with Crippen molar-refractivity contribution in [3.05, 3.63) is 53.9 Å². The molecule has 4 aromatic rings. The third-order valence-corrected chi connectivity index (χ3v) is 6.80. The predicted octanol–water partition coefficient (Wildman–Crippen LogP) is 5.55. The molecule has 1 saturated heterocycles. The quantitative estimate of drug-likeness (QED) is 0.448. The molecule has 0 bridgehead atoms. The first-order valence-electron chi connectivity index (χ1n) is 11.2. The number of aromatic amines is 1. The van der Waals surface area contributed by atoms with Crippen LogP contribution in [0, 0.1) is 11.3 Å². The number of benzene rings is 1. The van der Waals surface area contributed by atoms with Crippen molar-refractivity contribution in [1.82, 2.24) is 19.4 Å². The lowest BCUT2D eigenvalue weighted by molar-refractivity contribution is 0.235. The molecular weight excluding hydrogens is 382 g/mol. The maximum absolute atomic E-state index is 8.97. The van der Waals surface area contributed by atoms with Crippen molar-refractivity contribution in [3.63, 3.8) is 0 Å². The van der Waals surface area contributed by atoms with E-state index in [9.17, 15) is 0 Å². The van der Waals surface area contributed by atoms with Gasteiger partial charge in [0.1, 0.15) is 5.65 Å². The van der Waals surface area contributed by atoms with Crippen LogP contribution < -0.4 is 0 Å². The Labute approximate surface area is 183 Å². The Hall–Kier alpha value is -3.10. The van der Waals surface area contributed by atoms with Crippen molar-refractivity contribution in [2.75, 3.05) is 19.6 Å². The summed E-state index contributed by atoms with van der Waals surface area (Å²) < 4.78 is 2.11. The van der Waals surface area contributed by atoms with E-state index < -0.39 is 0 Å². The lowest BCUT2D eigenvalue weighted by Crippen LogP contribution is -2.33. The highest BCUT2D eigenvalue weighted by molar-refractivity contribution is 5.99. The van der Waals surface area contributed by atoms with E-state index in [-0.39, 0.29) is 0 Å². The van der Waals surface area contributed by atoms with E-state index in [0.717, 1.165) is 31.6 Å². The van der Waals surface area contributed by atoms with E-state index in [1.165, 1.54) is 38.7 Å². The lowest BCUT2D eigenvalue weighted by atomic mass is 9.87. The molecule has 3 aromatic heterocycles. The van der Waals surface area contributed by atoms with Crippen LogP contribution in [0.3, 0.4) is 0 Å². The van der Waals surface area contributed by atoms with Crippen molar-refractivity contribution in [2.45, 2.75) is 38.5 Å². The average molecular weight is 412 g/mol. The molecule has 5 rings (SSSR count). The van der Waals surface area contributed by atoms with E-state index in [1.807, 2.05) is 12.3 Å².